The van der Waals surface area contributed by atoms with Crippen LogP contribution < -0.4 is 0 Å². The van der Waals surface area contributed by atoms with Crippen molar-refractivity contribution in [3.63, 3.8) is 0 Å². The Bertz CT molecular complexity index is 3320. The molecule has 8 aliphatic heterocycles. The number of carbonyl (C=O) groups excluding carboxylic acids is 4. The van der Waals surface area contributed by atoms with Gasteiger partial charge in [0.05, 0.1) is 45.6 Å². The van der Waals surface area contributed by atoms with E-state index in [2.05, 4.69) is 9.80 Å². The van der Waals surface area contributed by atoms with E-state index in [1.54, 1.807) is 14.1 Å². The molecule has 4 amide bonds. The van der Waals surface area contributed by atoms with Crippen LogP contribution in [0.15, 0.2) is 188 Å². The fraction of sp³-hybridized carbons (Fsp3) is 0.228. The molecule has 4 aromatic carbocycles. The van der Waals surface area contributed by atoms with Gasteiger partial charge in [0.2, 0.25) is 23.6 Å². The first-order valence-electron chi connectivity index (χ1n) is 23.4. The average molecular weight is 909 g/mol. The highest BCUT2D eigenvalue weighted by Gasteiger charge is 2.79. The number of nitrogens with zero attached hydrogens (tertiary/aromatic N) is 8. The zero-order valence-electron chi connectivity index (χ0n) is 39.0. The number of benzene rings is 4. The Hall–Kier alpha value is -7.80. The number of hydrogen-bond donors (Lipinski definition) is 0. The zero-order valence-corrected chi connectivity index (χ0v) is 39.0. The van der Waals surface area contributed by atoms with E-state index in [1.807, 2.05) is 167 Å². The smallest absolute Gasteiger partial charge is 0.244 e. The van der Waals surface area contributed by atoms with Crippen molar-refractivity contribution in [3.05, 3.63) is 191 Å². The summed E-state index contributed by atoms with van der Waals surface area (Å²) in [5, 5.41) is 0. The third kappa shape index (κ3) is 5.64. The molecule has 0 aromatic heterocycles. The molecule has 3 saturated heterocycles. The quantitative estimate of drug-likeness (QED) is 0.183. The number of carbonyl (C=O) groups is 4. The summed E-state index contributed by atoms with van der Waals surface area (Å²) in [4.78, 5) is 90.5. The average Bonchev–Trinajstić information content (AvgIpc) is 4.24. The second-order valence-corrected chi connectivity index (χ2v) is 19.1. The molecule has 8 heterocycles. The van der Waals surface area contributed by atoms with Crippen LogP contribution in [0, 0.1) is 22.2 Å². The third-order valence-corrected chi connectivity index (χ3v) is 15.4. The molecule has 12 rings (SSSR count). The maximum absolute atomic E-state index is 15.4. The normalized spacial score (nSPS) is 27.1. The SMILES string of the molecule is CCN(C)CC12C(=O)N(C)C(=O)C1C1=C(c3ccccc3)C3=NC(=C(c4ccccc4)C4=NC(=C(c5ccccc5)C5=NC(=C(c6ccccc6)C2=N1)C=C5)C12CN(C)CC41C(=O)N(C)C2=O)C=C3. The third-order valence-electron chi connectivity index (χ3n) is 15.4. The van der Waals surface area contributed by atoms with Crippen molar-refractivity contribution in [2.45, 2.75) is 6.92 Å². The fourth-order valence-corrected chi connectivity index (χ4v) is 12.3. The summed E-state index contributed by atoms with van der Waals surface area (Å²) in [6.07, 6.45) is 7.73. The minimum atomic E-state index is -1.47. The van der Waals surface area contributed by atoms with Gasteiger partial charge in [0.15, 0.2) is 0 Å². The number of allylic oxidation sites excluding steroid dienone is 8. The molecule has 12 heteroatoms. The fourth-order valence-electron chi connectivity index (χ4n) is 12.3. The highest BCUT2D eigenvalue weighted by atomic mass is 16.2. The van der Waals surface area contributed by atoms with Gasteiger partial charge in [-0.15, -0.1) is 0 Å². The molecule has 0 aliphatic carbocycles. The van der Waals surface area contributed by atoms with Crippen molar-refractivity contribution in [1.29, 1.82) is 0 Å². The topological polar surface area (TPSA) is 131 Å². The van der Waals surface area contributed by atoms with Crippen molar-refractivity contribution in [2.75, 3.05) is 54.4 Å². The number of hydrogen-bond acceptors (Lipinski definition) is 10. The Kier molecular flexibility index (Phi) is 9.47. The molecule has 8 bridgehead atoms. The molecule has 69 heavy (non-hydrogen) atoms. The lowest BCUT2D eigenvalue weighted by Gasteiger charge is -2.33. The van der Waals surface area contributed by atoms with Gasteiger partial charge in [-0.2, -0.15) is 0 Å². The van der Waals surface area contributed by atoms with Gasteiger partial charge < -0.3 is 9.80 Å². The van der Waals surface area contributed by atoms with Crippen LogP contribution in [-0.2, 0) is 19.2 Å². The van der Waals surface area contributed by atoms with Crippen molar-refractivity contribution in [1.82, 2.24) is 19.6 Å². The Morgan fingerprint density at radius 2 is 1.00 bits per heavy atom. The van der Waals surface area contributed by atoms with Crippen LogP contribution in [0.2, 0.25) is 0 Å². The van der Waals surface area contributed by atoms with Crippen molar-refractivity contribution in [3.8, 4) is 0 Å². The molecular formula is C57H48N8O4. The number of aliphatic imine (C=N–C) groups is 4. The van der Waals surface area contributed by atoms with Crippen molar-refractivity contribution in [2.24, 2.45) is 42.1 Å². The number of fused-ring (bicyclic) bond motifs is 7. The molecule has 8 aliphatic rings. The van der Waals surface area contributed by atoms with Gasteiger partial charge in [0, 0.05) is 56.0 Å². The van der Waals surface area contributed by atoms with E-state index in [1.165, 1.54) is 9.80 Å². The molecule has 12 nitrogen and oxygen atoms in total. The Labute approximate surface area is 400 Å². The maximum Gasteiger partial charge on any atom is 0.244 e. The largest absolute Gasteiger partial charge is 0.305 e. The van der Waals surface area contributed by atoms with Gasteiger partial charge in [-0.25, -0.2) is 9.98 Å². The molecule has 4 aromatic rings. The highest BCUT2D eigenvalue weighted by molar-refractivity contribution is 6.45. The van der Waals surface area contributed by atoms with Crippen LogP contribution in [0.5, 0.6) is 0 Å². The molecule has 0 spiro atoms. The Balaban J connectivity index is 1.30. The van der Waals surface area contributed by atoms with Crippen molar-refractivity contribution >= 4 is 68.8 Å². The number of likely N-dealkylation sites (tertiary alicyclic amines) is 3. The predicted octanol–water partition coefficient (Wildman–Crippen LogP) is 7.05. The van der Waals surface area contributed by atoms with Crippen molar-refractivity contribution < 1.29 is 19.2 Å². The summed E-state index contributed by atoms with van der Waals surface area (Å²) in [6.45, 7) is 3.30. The van der Waals surface area contributed by atoms with E-state index < -0.39 is 22.2 Å². The van der Waals surface area contributed by atoms with Gasteiger partial charge in [-0.05, 0) is 67.2 Å². The van der Waals surface area contributed by atoms with E-state index in [0.29, 0.717) is 74.5 Å². The standard InChI is InChI=1S/C57H48N8O4/c1-6-62(2)31-55-46(51(66)64(4)52(55)67)47-42(34-19-11-7-12-20-34)38-27-28-40(58-38)44(36-23-15-9-16-24-36)49-56-32-63(3)33-57(56,54(69)65(5)53(56)68)50(61-49)45(37-25-17-10-18-26-37)41-30-29-39(59-41)43(48(55)60-47)35-21-13-8-14-22-35/h7-30,46H,6,31-33H2,1-5H3. The van der Waals surface area contributed by atoms with E-state index in [0.717, 1.165) is 22.3 Å². The van der Waals surface area contributed by atoms with Crippen LogP contribution >= 0.6 is 0 Å². The molecular weight excluding hydrogens is 861 g/mol. The van der Waals surface area contributed by atoms with E-state index in [9.17, 15) is 0 Å². The zero-order chi connectivity index (χ0) is 47.6. The van der Waals surface area contributed by atoms with Crippen LogP contribution in [0.1, 0.15) is 29.2 Å². The molecule has 3 fully saturated rings. The molecule has 340 valence electrons. The molecule has 0 saturated carbocycles. The number of amides is 4. The van der Waals surface area contributed by atoms with E-state index >= 15 is 19.2 Å². The summed E-state index contributed by atoms with van der Waals surface area (Å²) < 4.78 is 0. The maximum atomic E-state index is 15.4. The summed E-state index contributed by atoms with van der Waals surface area (Å²) in [5.74, 6) is -2.37. The first kappa shape index (κ1) is 42.5. The minimum absolute atomic E-state index is 0.196. The number of imide groups is 2. The summed E-state index contributed by atoms with van der Waals surface area (Å²) in [7, 11) is 7.07. The lowest BCUT2D eigenvalue weighted by Crippen LogP contribution is -2.49. The minimum Gasteiger partial charge on any atom is -0.305 e. The second-order valence-electron chi connectivity index (χ2n) is 19.1. The number of rotatable bonds is 7. The van der Waals surface area contributed by atoms with Gasteiger partial charge >= 0.3 is 0 Å². The highest BCUT2D eigenvalue weighted by Crippen LogP contribution is 2.65. The van der Waals surface area contributed by atoms with Gasteiger partial charge in [0.1, 0.15) is 22.2 Å². The summed E-state index contributed by atoms with van der Waals surface area (Å²) in [6, 6.07) is 39.2. The van der Waals surface area contributed by atoms with Crippen LogP contribution in [0.25, 0.3) is 22.3 Å². The van der Waals surface area contributed by atoms with E-state index in [-0.39, 0.29) is 43.3 Å². The summed E-state index contributed by atoms with van der Waals surface area (Å²) in [5.41, 5.74) is 5.03. The van der Waals surface area contributed by atoms with E-state index in [4.69, 9.17) is 20.0 Å². The Morgan fingerprint density at radius 3 is 1.54 bits per heavy atom. The molecule has 0 N–H and O–H groups in total. The monoisotopic (exact) mass is 908 g/mol. The molecule has 4 unspecified atom stereocenters. The first-order chi connectivity index (χ1) is 33.5. The van der Waals surface area contributed by atoms with Crippen LogP contribution in [0.3, 0.4) is 0 Å². The lowest BCUT2D eigenvalue weighted by molar-refractivity contribution is -0.141. The molecule has 4 atom stereocenters. The molecule has 0 radical (unpaired) electrons. The van der Waals surface area contributed by atoms with Crippen LogP contribution in [-0.4, -0.2) is 120 Å². The summed E-state index contributed by atoms with van der Waals surface area (Å²) >= 11 is 0. The first-order valence-corrected chi connectivity index (χ1v) is 23.4. The van der Waals surface area contributed by atoms with Gasteiger partial charge in [-0.1, -0.05) is 128 Å². The van der Waals surface area contributed by atoms with Gasteiger partial charge in [0.25, 0.3) is 0 Å². The second kappa shape index (κ2) is 15.4. The predicted molar refractivity (Wildman–Crippen MR) is 268 cm³/mol. The van der Waals surface area contributed by atoms with Crippen LogP contribution in [0.4, 0.5) is 0 Å². The Morgan fingerprint density at radius 1 is 0.536 bits per heavy atom. The lowest BCUT2D eigenvalue weighted by atomic mass is 9.62. The van der Waals surface area contributed by atoms with Gasteiger partial charge in [-0.3, -0.25) is 39.0 Å².